The van der Waals surface area contributed by atoms with Crippen LogP contribution in [0.1, 0.15) is 134 Å². The van der Waals surface area contributed by atoms with Crippen LogP contribution >= 0.6 is 0 Å². The van der Waals surface area contributed by atoms with Crippen LogP contribution in [-0.4, -0.2) is 0 Å². The van der Waals surface area contributed by atoms with E-state index in [0.29, 0.717) is 16.7 Å². The standard InChI is InChI=1S/C31H47N/c1-3-5-6-7-25-8-12-27(13-9-25)28-14-10-26(11-15-28)23-29(24-32)31-20-17-30(16-4-2,18-21-31)19-22-31/h8-9,12-13,26,28-29H,3-7,10-11,14-23H2,1-2H3. The summed E-state index contributed by atoms with van der Waals surface area (Å²) < 4.78 is 0. The van der Waals surface area contributed by atoms with E-state index in [-0.39, 0.29) is 0 Å². The Morgan fingerprint density at radius 3 is 2.09 bits per heavy atom. The summed E-state index contributed by atoms with van der Waals surface area (Å²) in [5, 5.41) is 10.2. The Balaban J connectivity index is 1.27. The van der Waals surface area contributed by atoms with Crippen LogP contribution in [0.15, 0.2) is 24.3 Å². The fourth-order valence-electron chi connectivity index (χ4n) is 7.76. The van der Waals surface area contributed by atoms with E-state index in [1.807, 2.05) is 0 Å². The molecule has 2 bridgehead atoms. The van der Waals surface area contributed by atoms with Crippen molar-refractivity contribution in [3.8, 4) is 6.07 Å². The molecule has 1 aromatic rings. The smallest absolute Gasteiger partial charge is 0.0661 e. The van der Waals surface area contributed by atoms with E-state index in [2.05, 4.69) is 44.2 Å². The van der Waals surface area contributed by atoms with Gasteiger partial charge in [-0.2, -0.15) is 5.26 Å². The predicted octanol–water partition coefficient (Wildman–Crippen LogP) is 9.36. The molecule has 176 valence electrons. The maximum Gasteiger partial charge on any atom is 0.0661 e. The third kappa shape index (κ3) is 5.26. The van der Waals surface area contributed by atoms with Gasteiger partial charge in [-0.15, -0.1) is 0 Å². The number of benzene rings is 1. The third-order valence-corrected chi connectivity index (χ3v) is 10.1. The van der Waals surface area contributed by atoms with Crippen molar-refractivity contribution < 1.29 is 0 Å². The molecule has 0 aromatic heterocycles. The summed E-state index contributed by atoms with van der Waals surface area (Å²) in [7, 11) is 0. The Hall–Kier alpha value is -1.29. The highest BCUT2D eigenvalue weighted by atomic mass is 14.6. The van der Waals surface area contributed by atoms with Crippen molar-refractivity contribution in [3.63, 3.8) is 0 Å². The second-order valence-corrected chi connectivity index (χ2v) is 11.9. The molecule has 32 heavy (non-hydrogen) atoms. The summed E-state index contributed by atoms with van der Waals surface area (Å²) in [4.78, 5) is 0. The number of rotatable bonds is 10. The van der Waals surface area contributed by atoms with Gasteiger partial charge in [-0.05, 0) is 124 Å². The number of hydrogen-bond acceptors (Lipinski definition) is 1. The lowest BCUT2D eigenvalue weighted by atomic mass is 9.48. The van der Waals surface area contributed by atoms with Crippen LogP contribution in [0.25, 0.3) is 0 Å². The Morgan fingerprint density at radius 2 is 1.53 bits per heavy atom. The van der Waals surface area contributed by atoms with Crippen molar-refractivity contribution in [2.24, 2.45) is 22.7 Å². The second kappa shape index (κ2) is 10.8. The van der Waals surface area contributed by atoms with Crippen molar-refractivity contribution in [1.29, 1.82) is 5.26 Å². The average Bonchev–Trinajstić information content (AvgIpc) is 2.85. The summed E-state index contributed by atoms with van der Waals surface area (Å²) in [5.74, 6) is 1.84. The molecule has 1 aromatic carbocycles. The molecule has 0 aliphatic heterocycles. The Bertz CT molecular complexity index is 721. The van der Waals surface area contributed by atoms with Crippen LogP contribution in [0.5, 0.6) is 0 Å². The van der Waals surface area contributed by atoms with E-state index in [1.165, 1.54) is 115 Å². The lowest BCUT2D eigenvalue weighted by Gasteiger charge is -2.56. The van der Waals surface area contributed by atoms with Gasteiger partial charge in [0, 0.05) is 0 Å². The molecule has 4 aliphatic rings. The van der Waals surface area contributed by atoms with Crippen LogP contribution in [0, 0.1) is 34.0 Å². The normalized spacial score (nSPS) is 33.0. The second-order valence-electron chi connectivity index (χ2n) is 11.9. The molecule has 0 saturated heterocycles. The quantitative estimate of drug-likeness (QED) is 0.337. The van der Waals surface area contributed by atoms with Gasteiger partial charge in [-0.25, -0.2) is 0 Å². The van der Waals surface area contributed by atoms with Gasteiger partial charge in [0.1, 0.15) is 0 Å². The summed E-state index contributed by atoms with van der Waals surface area (Å²) >= 11 is 0. The first-order valence-electron chi connectivity index (χ1n) is 14.1. The van der Waals surface area contributed by atoms with Gasteiger partial charge >= 0.3 is 0 Å². The highest BCUT2D eigenvalue weighted by molar-refractivity contribution is 5.26. The van der Waals surface area contributed by atoms with Gasteiger partial charge in [-0.3, -0.25) is 0 Å². The van der Waals surface area contributed by atoms with E-state index in [0.717, 1.165) is 11.8 Å². The Labute approximate surface area is 198 Å². The maximum absolute atomic E-state index is 10.2. The number of hydrogen-bond donors (Lipinski definition) is 0. The van der Waals surface area contributed by atoms with Crippen molar-refractivity contribution in [2.75, 3.05) is 0 Å². The summed E-state index contributed by atoms with van der Waals surface area (Å²) in [6, 6.07) is 12.4. The van der Waals surface area contributed by atoms with E-state index >= 15 is 0 Å². The van der Waals surface area contributed by atoms with Gasteiger partial charge in [0.2, 0.25) is 0 Å². The van der Waals surface area contributed by atoms with Gasteiger partial charge in [-0.1, -0.05) is 57.4 Å². The zero-order valence-electron chi connectivity index (χ0n) is 21.0. The van der Waals surface area contributed by atoms with Crippen LogP contribution in [0.2, 0.25) is 0 Å². The van der Waals surface area contributed by atoms with Crippen LogP contribution in [-0.2, 0) is 6.42 Å². The van der Waals surface area contributed by atoms with E-state index < -0.39 is 0 Å². The summed E-state index contributed by atoms with van der Waals surface area (Å²) in [6.07, 6.45) is 22.7. The predicted molar refractivity (Wildman–Crippen MR) is 136 cm³/mol. The zero-order chi connectivity index (χ0) is 22.4. The fourth-order valence-corrected chi connectivity index (χ4v) is 7.76. The molecule has 1 unspecified atom stereocenters. The van der Waals surface area contributed by atoms with Gasteiger partial charge in [0.25, 0.3) is 0 Å². The minimum atomic E-state index is 0.311. The highest BCUT2D eigenvalue weighted by Gasteiger charge is 2.51. The van der Waals surface area contributed by atoms with E-state index in [4.69, 9.17) is 0 Å². The first-order chi connectivity index (χ1) is 15.6. The SMILES string of the molecule is CCCCCc1ccc(C2CCC(CC(C#N)C34CCC(CCC)(CC3)CC4)CC2)cc1. The molecule has 0 radical (unpaired) electrons. The van der Waals surface area contributed by atoms with Crippen LogP contribution < -0.4 is 0 Å². The minimum Gasteiger partial charge on any atom is -0.198 e. The number of nitrogens with zero attached hydrogens (tertiary/aromatic N) is 1. The lowest BCUT2D eigenvalue weighted by Crippen LogP contribution is -2.45. The van der Waals surface area contributed by atoms with Crippen molar-refractivity contribution in [3.05, 3.63) is 35.4 Å². The molecule has 4 aliphatic carbocycles. The Kier molecular flexibility index (Phi) is 8.02. The molecule has 1 heteroatoms. The number of unbranched alkanes of at least 4 members (excludes halogenated alkanes) is 2. The van der Waals surface area contributed by atoms with Gasteiger partial charge < -0.3 is 0 Å². The fraction of sp³-hybridized carbons (Fsp3) is 0.774. The molecule has 0 heterocycles. The zero-order valence-corrected chi connectivity index (χ0v) is 21.0. The highest BCUT2D eigenvalue weighted by Crippen LogP contribution is 2.62. The van der Waals surface area contributed by atoms with Crippen LogP contribution in [0.4, 0.5) is 0 Å². The molecule has 4 fully saturated rings. The third-order valence-electron chi connectivity index (χ3n) is 10.1. The number of fused-ring (bicyclic) bond motifs is 3. The topological polar surface area (TPSA) is 23.8 Å². The van der Waals surface area contributed by atoms with Gasteiger partial charge in [0.15, 0.2) is 0 Å². The molecular formula is C31H47N. The Morgan fingerprint density at radius 1 is 0.875 bits per heavy atom. The maximum atomic E-state index is 10.2. The van der Waals surface area contributed by atoms with Crippen molar-refractivity contribution >= 4 is 0 Å². The molecule has 1 nitrogen and oxygen atoms in total. The lowest BCUT2D eigenvalue weighted by molar-refractivity contribution is -0.0442. The van der Waals surface area contributed by atoms with Crippen molar-refractivity contribution in [2.45, 2.75) is 129 Å². The van der Waals surface area contributed by atoms with E-state index in [9.17, 15) is 5.26 Å². The van der Waals surface area contributed by atoms with Gasteiger partial charge in [0.05, 0.1) is 12.0 Å². The summed E-state index contributed by atoms with van der Waals surface area (Å²) in [6.45, 7) is 4.63. The number of nitriles is 1. The minimum absolute atomic E-state index is 0.311. The van der Waals surface area contributed by atoms with E-state index in [1.54, 1.807) is 5.56 Å². The van der Waals surface area contributed by atoms with Crippen LogP contribution in [0.3, 0.4) is 0 Å². The first-order valence-corrected chi connectivity index (χ1v) is 14.1. The average molecular weight is 434 g/mol. The molecule has 0 amide bonds. The molecular weight excluding hydrogens is 386 g/mol. The summed E-state index contributed by atoms with van der Waals surface area (Å²) in [5.41, 5.74) is 4.09. The molecule has 0 spiro atoms. The van der Waals surface area contributed by atoms with Crippen molar-refractivity contribution in [1.82, 2.24) is 0 Å². The first kappa shape index (κ1) is 23.9. The molecule has 5 rings (SSSR count). The monoisotopic (exact) mass is 433 g/mol. The molecule has 0 N–H and O–H groups in total. The number of aryl methyl sites for hydroxylation is 1. The molecule has 1 atom stereocenters. The molecule has 4 saturated carbocycles. The largest absolute Gasteiger partial charge is 0.198 e.